The van der Waals surface area contributed by atoms with Gasteiger partial charge in [0.2, 0.25) is 0 Å². The molecule has 5 nitrogen and oxygen atoms in total. The van der Waals surface area contributed by atoms with E-state index in [-0.39, 0.29) is 5.69 Å². The summed E-state index contributed by atoms with van der Waals surface area (Å²) in [7, 11) is 0. The number of nitro groups is 1. The number of nitrogens with zero attached hydrogens (tertiary/aromatic N) is 3. The van der Waals surface area contributed by atoms with Crippen LogP contribution in [0.4, 0.5) is 5.69 Å². The maximum atomic E-state index is 10.8. The predicted molar refractivity (Wildman–Crippen MR) is 110 cm³/mol. The van der Waals surface area contributed by atoms with E-state index < -0.39 is 4.92 Å². The van der Waals surface area contributed by atoms with E-state index in [1.165, 1.54) is 61.1 Å². The van der Waals surface area contributed by atoms with Gasteiger partial charge >= 0.3 is 0 Å². The van der Waals surface area contributed by atoms with Gasteiger partial charge in [-0.05, 0) is 30.5 Å². The number of aromatic nitrogens is 2. The molecule has 0 saturated carbocycles. The highest BCUT2D eigenvalue weighted by atomic mass is 32.1. The SMILES string of the molecule is CCCCCCCc1ccc(-c2nnc(-c3ccc([N+](=O)[O-])cc3)s2)cc1. The highest BCUT2D eigenvalue weighted by molar-refractivity contribution is 7.17. The van der Waals surface area contributed by atoms with Gasteiger partial charge in [0.15, 0.2) is 0 Å². The zero-order valence-electron chi connectivity index (χ0n) is 15.4. The topological polar surface area (TPSA) is 68.9 Å². The molecule has 0 amide bonds. The first kappa shape index (κ1) is 19.2. The fraction of sp³-hybridized carbons (Fsp3) is 0.333. The summed E-state index contributed by atoms with van der Waals surface area (Å²) in [5.74, 6) is 0. The van der Waals surface area contributed by atoms with Crippen LogP contribution in [0.25, 0.3) is 21.1 Å². The molecule has 140 valence electrons. The molecule has 0 radical (unpaired) electrons. The number of nitro benzene ring substituents is 1. The second-order valence-electron chi connectivity index (χ2n) is 6.58. The Labute approximate surface area is 163 Å². The fourth-order valence-electron chi connectivity index (χ4n) is 2.93. The van der Waals surface area contributed by atoms with Crippen LogP contribution < -0.4 is 0 Å². The van der Waals surface area contributed by atoms with Crippen LogP contribution in [0.5, 0.6) is 0 Å². The van der Waals surface area contributed by atoms with Crippen LogP contribution >= 0.6 is 11.3 Å². The van der Waals surface area contributed by atoms with E-state index in [4.69, 9.17) is 0 Å². The molecule has 0 aliphatic rings. The molecular formula is C21H23N3O2S. The third-order valence-electron chi connectivity index (χ3n) is 4.52. The van der Waals surface area contributed by atoms with Crippen molar-refractivity contribution in [1.29, 1.82) is 0 Å². The highest BCUT2D eigenvalue weighted by Gasteiger charge is 2.11. The molecule has 0 fully saturated rings. The lowest BCUT2D eigenvalue weighted by atomic mass is 10.0. The molecule has 2 aromatic carbocycles. The van der Waals surface area contributed by atoms with Crippen LogP contribution in [-0.2, 0) is 6.42 Å². The van der Waals surface area contributed by atoms with Gasteiger partial charge in [0, 0.05) is 23.3 Å². The van der Waals surface area contributed by atoms with E-state index in [0.29, 0.717) is 0 Å². The minimum atomic E-state index is -0.402. The van der Waals surface area contributed by atoms with E-state index in [9.17, 15) is 10.1 Å². The molecular weight excluding hydrogens is 358 g/mol. The highest BCUT2D eigenvalue weighted by Crippen LogP contribution is 2.31. The zero-order valence-corrected chi connectivity index (χ0v) is 16.2. The average Bonchev–Trinajstić information content (AvgIpc) is 3.18. The Kier molecular flexibility index (Phi) is 6.65. The van der Waals surface area contributed by atoms with Gasteiger partial charge in [-0.3, -0.25) is 10.1 Å². The number of hydrogen-bond acceptors (Lipinski definition) is 5. The molecule has 0 saturated heterocycles. The van der Waals surface area contributed by atoms with E-state index in [1.807, 2.05) is 0 Å². The van der Waals surface area contributed by atoms with Crippen LogP contribution in [0.1, 0.15) is 44.6 Å². The zero-order chi connectivity index (χ0) is 19.1. The van der Waals surface area contributed by atoms with Gasteiger partial charge in [0.25, 0.3) is 5.69 Å². The lowest BCUT2D eigenvalue weighted by molar-refractivity contribution is -0.384. The van der Waals surface area contributed by atoms with E-state index in [1.54, 1.807) is 12.1 Å². The van der Waals surface area contributed by atoms with Gasteiger partial charge in [0.05, 0.1) is 4.92 Å². The molecule has 3 aromatic rings. The van der Waals surface area contributed by atoms with Gasteiger partial charge in [-0.15, -0.1) is 10.2 Å². The molecule has 27 heavy (non-hydrogen) atoms. The quantitative estimate of drug-likeness (QED) is 0.248. The molecule has 6 heteroatoms. The van der Waals surface area contributed by atoms with Crippen LogP contribution in [-0.4, -0.2) is 15.1 Å². The Bertz CT molecular complexity index is 873. The van der Waals surface area contributed by atoms with Gasteiger partial charge < -0.3 is 0 Å². The second-order valence-corrected chi connectivity index (χ2v) is 7.56. The van der Waals surface area contributed by atoms with Crippen LogP contribution in [0.2, 0.25) is 0 Å². The van der Waals surface area contributed by atoms with Gasteiger partial charge in [-0.25, -0.2) is 0 Å². The van der Waals surface area contributed by atoms with E-state index in [0.717, 1.165) is 27.6 Å². The summed E-state index contributed by atoms with van der Waals surface area (Å²) in [5.41, 5.74) is 3.33. The van der Waals surface area contributed by atoms with Crippen LogP contribution in [0, 0.1) is 10.1 Å². The molecule has 1 heterocycles. The van der Waals surface area contributed by atoms with Crippen molar-refractivity contribution in [2.45, 2.75) is 45.4 Å². The molecule has 1 aromatic heterocycles. The standard InChI is InChI=1S/C21H23N3O2S/c1-2-3-4-5-6-7-16-8-10-17(11-9-16)20-22-23-21(27-20)18-12-14-19(15-13-18)24(25)26/h8-15H,2-7H2,1H3. The summed E-state index contributed by atoms with van der Waals surface area (Å²) in [6.45, 7) is 2.24. The number of unbranched alkanes of at least 4 members (excludes halogenated alkanes) is 4. The number of benzene rings is 2. The fourth-order valence-corrected chi connectivity index (χ4v) is 3.78. The number of aryl methyl sites for hydroxylation is 1. The summed E-state index contributed by atoms with van der Waals surface area (Å²) >= 11 is 1.49. The monoisotopic (exact) mass is 381 g/mol. The minimum Gasteiger partial charge on any atom is -0.258 e. The van der Waals surface area contributed by atoms with Crippen molar-refractivity contribution >= 4 is 17.0 Å². The van der Waals surface area contributed by atoms with Crippen molar-refractivity contribution in [2.24, 2.45) is 0 Å². The first-order valence-corrected chi connectivity index (χ1v) is 10.2. The van der Waals surface area contributed by atoms with Crippen LogP contribution in [0.3, 0.4) is 0 Å². The van der Waals surface area contributed by atoms with E-state index >= 15 is 0 Å². The number of non-ortho nitro benzene ring substituents is 1. The molecule has 0 spiro atoms. The predicted octanol–water partition coefficient (Wildman–Crippen LogP) is 6.29. The molecule has 0 atom stereocenters. The summed E-state index contributed by atoms with van der Waals surface area (Å²) < 4.78 is 0. The summed E-state index contributed by atoms with van der Waals surface area (Å²) in [6, 6.07) is 14.9. The number of rotatable bonds is 9. The molecule has 0 bridgehead atoms. The maximum absolute atomic E-state index is 10.8. The van der Waals surface area contributed by atoms with Crippen molar-refractivity contribution < 1.29 is 4.92 Å². The minimum absolute atomic E-state index is 0.0776. The average molecular weight is 382 g/mol. The largest absolute Gasteiger partial charge is 0.269 e. The Hall–Kier alpha value is -2.60. The normalized spacial score (nSPS) is 10.9. The lowest BCUT2D eigenvalue weighted by Crippen LogP contribution is -1.87. The third kappa shape index (κ3) is 5.20. The first-order valence-electron chi connectivity index (χ1n) is 9.35. The van der Waals surface area contributed by atoms with Gasteiger partial charge in [0.1, 0.15) is 10.0 Å². The molecule has 0 N–H and O–H groups in total. The van der Waals surface area contributed by atoms with Gasteiger partial charge in [-0.2, -0.15) is 0 Å². The molecule has 3 rings (SSSR count). The maximum Gasteiger partial charge on any atom is 0.269 e. The lowest BCUT2D eigenvalue weighted by Gasteiger charge is -2.02. The van der Waals surface area contributed by atoms with Crippen molar-refractivity contribution in [3.05, 3.63) is 64.2 Å². The van der Waals surface area contributed by atoms with E-state index in [2.05, 4.69) is 41.4 Å². The molecule has 0 aliphatic carbocycles. The van der Waals surface area contributed by atoms with Crippen molar-refractivity contribution in [2.75, 3.05) is 0 Å². The van der Waals surface area contributed by atoms with Gasteiger partial charge in [-0.1, -0.05) is 68.2 Å². The smallest absolute Gasteiger partial charge is 0.258 e. The Morgan fingerprint density at radius 3 is 1.96 bits per heavy atom. The Morgan fingerprint density at radius 1 is 0.852 bits per heavy atom. The second kappa shape index (κ2) is 9.37. The molecule has 0 unspecified atom stereocenters. The Balaban J connectivity index is 1.63. The summed E-state index contributed by atoms with van der Waals surface area (Å²) in [5, 5.41) is 20.9. The Morgan fingerprint density at radius 2 is 1.41 bits per heavy atom. The van der Waals surface area contributed by atoms with Crippen molar-refractivity contribution in [3.63, 3.8) is 0 Å². The summed E-state index contributed by atoms with van der Waals surface area (Å²) in [6.07, 6.45) is 7.58. The first-order chi connectivity index (χ1) is 13.2. The molecule has 0 aliphatic heterocycles. The van der Waals surface area contributed by atoms with Crippen LogP contribution in [0.15, 0.2) is 48.5 Å². The summed E-state index contributed by atoms with van der Waals surface area (Å²) in [4.78, 5) is 10.4. The number of hydrogen-bond donors (Lipinski definition) is 0. The third-order valence-corrected chi connectivity index (χ3v) is 5.54. The van der Waals surface area contributed by atoms with Crippen molar-refractivity contribution in [1.82, 2.24) is 10.2 Å². The van der Waals surface area contributed by atoms with Crippen molar-refractivity contribution in [3.8, 4) is 21.1 Å².